The molecule has 1 saturated carbocycles. The van der Waals surface area contributed by atoms with Crippen molar-refractivity contribution < 1.29 is 14.3 Å². The van der Waals surface area contributed by atoms with Gasteiger partial charge in [0, 0.05) is 10.2 Å². The Labute approximate surface area is 188 Å². The molecule has 3 aliphatic rings. The molecule has 0 saturated heterocycles. The number of esters is 1. The summed E-state index contributed by atoms with van der Waals surface area (Å²) in [6, 6.07) is 8.46. The summed E-state index contributed by atoms with van der Waals surface area (Å²) < 4.78 is 12.6. The first-order chi connectivity index (χ1) is 13.9. The van der Waals surface area contributed by atoms with E-state index in [-0.39, 0.29) is 29.9 Å². The number of methoxy groups -OCH3 is 1. The monoisotopic (exact) mass is 522 g/mol. The van der Waals surface area contributed by atoms with E-state index in [0.29, 0.717) is 6.61 Å². The van der Waals surface area contributed by atoms with E-state index in [9.17, 15) is 4.79 Å². The molecule has 5 nitrogen and oxygen atoms in total. The third-order valence-electron chi connectivity index (χ3n) is 5.89. The number of nitrogens with zero attached hydrogens (tertiary/aromatic N) is 2. The second kappa shape index (κ2) is 8.26. The van der Waals surface area contributed by atoms with Gasteiger partial charge in [0.1, 0.15) is 11.6 Å². The summed E-state index contributed by atoms with van der Waals surface area (Å²) >= 11 is 7.38. The molecular weight excluding hydrogens is 500 g/mol. The van der Waals surface area contributed by atoms with Crippen molar-refractivity contribution in [2.45, 2.75) is 38.8 Å². The Morgan fingerprint density at radius 3 is 2.62 bits per heavy atom. The molecule has 4 rings (SSSR count). The van der Waals surface area contributed by atoms with E-state index in [1.54, 1.807) is 7.11 Å². The Kier molecular flexibility index (Phi) is 5.89. The van der Waals surface area contributed by atoms with Gasteiger partial charge in [-0.1, -0.05) is 12.1 Å². The van der Waals surface area contributed by atoms with Gasteiger partial charge < -0.3 is 14.4 Å². The topological polar surface area (TPSA) is 51.1 Å². The molecule has 2 heterocycles. The van der Waals surface area contributed by atoms with Crippen LogP contribution in [0.25, 0.3) is 0 Å². The Morgan fingerprint density at radius 2 is 1.97 bits per heavy atom. The number of hydrogen-bond acceptors (Lipinski definition) is 5. The number of rotatable bonds is 5. The van der Waals surface area contributed by atoms with Crippen molar-refractivity contribution in [1.82, 2.24) is 4.90 Å². The lowest BCUT2D eigenvalue weighted by molar-refractivity contribution is -0.145. The summed E-state index contributed by atoms with van der Waals surface area (Å²) in [6.07, 6.45) is 3.76. The SMILES string of the molecule is CCOC(=O)C1CC1C1CC(c2ccc(OC)cc2)N2C(=N1)C(Br)=CC(Br)=C2C. The lowest BCUT2D eigenvalue weighted by Gasteiger charge is -2.42. The summed E-state index contributed by atoms with van der Waals surface area (Å²) in [5.74, 6) is 1.91. The smallest absolute Gasteiger partial charge is 0.309 e. The summed E-state index contributed by atoms with van der Waals surface area (Å²) in [7, 11) is 1.68. The van der Waals surface area contributed by atoms with Gasteiger partial charge in [0.2, 0.25) is 0 Å². The van der Waals surface area contributed by atoms with Crippen molar-refractivity contribution in [2.75, 3.05) is 13.7 Å². The van der Waals surface area contributed by atoms with Gasteiger partial charge in [0.05, 0.1) is 36.2 Å². The Balaban J connectivity index is 1.68. The minimum absolute atomic E-state index is 0.0258. The van der Waals surface area contributed by atoms with E-state index in [1.165, 1.54) is 5.56 Å². The summed E-state index contributed by atoms with van der Waals surface area (Å²) in [5.41, 5.74) is 2.34. The molecule has 7 heteroatoms. The van der Waals surface area contributed by atoms with Crippen LogP contribution in [0.15, 0.2) is 50.0 Å². The zero-order chi connectivity index (χ0) is 20.7. The molecule has 154 valence electrons. The number of ether oxygens (including phenoxy) is 2. The molecule has 0 aromatic heterocycles. The number of benzene rings is 1. The van der Waals surface area contributed by atoms with E-state index in [2.05, 4.69) is 55.8 Å². The maximum absolute atomic E-state index is 12.2. The van der Waals surface area contributed by atoms with Gasteiger partial charge >= 0.3 is 5.97 Å². The molecule has 4 atom stereocenters. The zero-order valence-electron chi connectivity index (χ0n) is 16.7. The number of carbonyl (C=O) groups excluding carboxylic acids is 1. The highest BCUT2D eigenvalue weighted by Crippen LogP contribution is 2.50. The fraction of sp³-hybridized carbons (Fsp3) is 0.455. The van der Waals surface area contributed by atoms with Crippen LogP contribution < -0.4 is 4.74 Å². The molecule has 29 heavy (non-hydrogen) atoms. The Bertz CT molecular complexity index is 907. The van der Waals surface area contributed by atoms with Crippen molar-refractivity contribution in [3.8, 4) is 5.75 Å². The molecule has 0 bridgehead atoms. The van der Waals surface area contributed by atoms with Crippen molar-refractivity contribution >= 4 is 43.7 Å². The maximum atomic E-state index is 12.2. The van der Waals surface area contributed by atoms with Crippen LogP contribution in [-0.4, -0.2) is 36.5 Å². The number of fused-ring (bicyclic) bond motifs is 1. The fourth-order valence-corrected chi connectivity index (χ4v) is 5.51. The van der Waals surface area contributed by atoms with E-state index >= 15 is 0 Å². The van der Waals surface area contributed by atoms with Crippen molar-refractivity contribution in [3.63, 3.8) is 0 Å². The molecule has 0 N–H and O–H groups in total. The second-order valence-corrected chi connectivity index (χ2v) is 9.31. The predicted molar refractivity (Wildman–Crippen MR) is 120 cm³/mol. The van der Waals surface area contributed by atoms with E-state index in [4.69, 9.17) is 14.5 Å². The summed E-state index contributed by atoms with van der Waals surface area (Å²) in [5, 5.41) is 0. The van der Waals surface area contributed by atoms with E-state index in [0.717, 1.165) is 39.1 Å². The minimum Gasteiger partial charge on any atom is -0.497 e. The molecule has 1 aromatic carbocycles. The zero-order valence-corrected chi connectivity index (χ0v) is 19.9. The van der Waals surface area contributed by atoms with Gasteiger partial charge in [-0.15, -0.1) is 0 Å². The molecular formula is C22H24Br2N2O3. The largest absolute Gasteiger partial charge is 0.497 e. The summed E-state index contributed by atoms with van der Waals surface area (Å²) in [4.78, 5) is 19.6. The number of allylic oxidation sites excluding steroid dienone is 3. The third kappa shape index (κ3) is 3.91. The average Bonchev–Trinajstić information content (AvgIpc) is 3.52. The standard InChI is InChI=1S/C22H24Br2N2O3/c1-4-29-22(27)16-9-15(16)19-11-20(13-5-7-14(28-3)8-6-13)26-12(2)17(23)10-18(24)21(26)25-19/h5-8,10,15-16,19-20H,4,9,11H2,1-3H3. The molecule has 1 aliphatic carbocycles. The van der Waals surface area contributed by atoms with E-state index in [1.807, 2.05) is 25.1 Å². The number of carbonyl (C=O) groups is 1. The van der Waals surface area contributed by atoms with Gasteiger partial charge in [0.25, 0.3) is 0 Å². The molecule has 0 radical (unpaired) electrons. The van der Waals surface area contributed by atoms with Crippen LogP contribution in [0.2, 0.25) is 0 Å². The van der Waals surface area contributed by atoms with Gasteiger partial charge in [-0.25, -0.2) is 0 Å². The van der Waals surface area contributed by atoms with Crippen LogP contribution in [0.5, 0.6) is 5.75 Å². The minimum atomic E-state index is -0.0850. The first-order valence-corrected chi connectivity index (χ1v) is 11.4. The van der Waals surface area contributed by atoms with Crippen LogP contribution in [-0.2, 0) is 9.53 Å². The lowest BCUT2D eigenvalue weighted by Crippen LogP contribution is -2.42. The van der Waals surface area contributed by atoms with Crippen LogP contribution in [0.4, 0.5) is 0 Å². The van der Waals surface area contributed by atoms with Crippen molar-refractivity contribution in [1.29, 1.82) is 0 Å². The molecule has 0 amide bonds. The van der Waals surface area contributed by atoms with Crippen LogP contribution in [0.3, 0.4) is 0 Å². The summed E-state index contributed by atoms with van der Waals surface area (Å²) in [6.45, 7) is 4.38. The highest BCUT2D eigenvalue weighted by atomic mass is 79.9. The number of hydrogen-bond donors (Lipinski definition) is 0. The third-order valence-corrected chi connectivity index (χ3v) is 7.28. The maximum Gasteiger partial charge on any atom is 0.309 e. The van der Waals surface area contributed by atoms with Crippen molar-refractivity contribution in [3.05, 3.63) is 50.6 Å². The van der Waals surface area contributed by atoms with Gasteiger partial charge in [-0.3, -0.25) is 9.79 Å². The normalized spacial score (nSPS) is 28.4. The van der Waals surface area contributed by atoms with E-state index < -0.39 is 0 Å². The first kappa shape index (κ1) is 20.7. The van der Waals surface area contributed by atoms with Gasteiger partial charge in [-0.2, -0.15) is 0 Å². The molecule has 2 aliphatic heterocycles. The molecule has 1 fully saturated rings. The van der Waals surface area contributed by atoms with Crippen LogP contribution in [0, 0.1) is 11.8 Å². The molecule has 0 spiro atoms. The fourth-order valence-electron chi connectivity index (χ4n) is 4.26. The number of halogens is 2. The van der Waals surface area contributed by atoms with Crippen LogP contribution >= 0.6 is 31.9 Å². The average molecular weight is 524 g/mol. The van der Waals surface area contributed by atoms with Gasteiger partial charge in [0.15, 0.2) is 0 Å². The number of amidine groups is 1. The number of aliphatic imine (C=N–C) groups is 1. The molecule has 4 unspecified atom stereocenters. The van der Waals surface area contributed by atoms with Crippen molar-refractivity contribution in [2.24, 2.45) is 16.8 Å². The Morgan fingerprint density at radius 1 is 1.24 bits per heavy atom. The van der Waals surface area contributed by atoms with Crippen LogP contribution in [0.1, 0.15) is 38.3 Å². The molecule has 1 aromatic rings. The quantitative estimate of drug-likeness (QED) is 0.489. The first-order valence-electron chi connectivity index (χ1n) is 9.86. The predicted octanol–water partition coefficient (Wildman–Crippen LogP) is 5.33. The lowest BCUT2D eigenvalue weighted by atomic mass is 9.91. The highest BCUT2D eigenvalue weighted by Gasteiger charge is 2.51. The van der Waals surface area contributed by atoms with Gasteiger partial charge in [-0.05, 0) is 88.2 Å². The highest BCUT2D eigenvalue weighted by molar-refractivity contribution is 9.12. The Hall–Kier alpha value is -1.60. The second-order valence-electron chi connectivity index (χ2n) is 7.60.